The molecule has 33 heavy (non-hydrogen) atoms. The van der Waals surface area contributed by atoms with Crippen molar-refractivity contribution < 1.29 is 23.9 Å². The molecule has 2 aromatic carbocycles. The number of nitrogens with zero attached hydrogens (tertiary/aromatic N) is 1. The number of hydrogen-bond acceptors (Lipinski definition) is 6. The molecule has 1 fully saturated rings. The van der Waals surface area contributed by atoms with Gasteiger partial charge >= 0.3 is 5.97 Å². The molecule has 2 amide bonds. The Bertz CT molecular complexity index is 961. The van der Waals surface area contributed by atoms with Crippen molar-refractivity contribution in [1.82, 2.24) is 4.90 Å². The number of amides is 2. The zero-order chi connectivity index (χ0) is 23.6. The number of hydrogen-bond donors (Lipinski definition) is 2. The topological polar surface area (TPSA) is 97.0 Å². The van der Waals surface area contributed by atoms with Crippen molar-refractivity contribution in [3.63, 3.8) is 0 Å². The Labute approximate surface area is 194 Å². The van der Waals surface area contributed by atoms with Crippen LogP contribution >= 0.6 is 0 Å². The molecule has 0 spiro atoms. The van der Waals surface area contributed by atoms with Crippen LogP contribution in [0.3, 0.4) is 0 Å². The molecule has 2 aromatic rings. The Morgan fingerprint density at radius 1 is 1.06 bits per heavy atom. The minimum Gasteiger partial charge on any atom is -0.495 e. The molecule has 176 valence electrons. The summed E-state index contributed by atoms with van der Waals surface area (Å²) in [6.07, 6.45) is 2.08. The van der Waals surface area contributed by atoms with Crippen molar-refractivity contribution >= 4 is 29.2 Å². The van der Waals surface area contributed by atoms with E-state index in [9.17, 15) is 14.4 Å². The number of para-hydroxylation sites is 2. The Hall–Kier alpha value is -3.39. The van der Waals surface area contributed by atoms with E-state index in [1.54, 1.807) is 43.5 Å². The second-order valence-corrected chi connectivity index (χ2v) is 7.92. The third kappa shape index (κ3) is 7.05. The maximum absolute atomic E-state index is 12.5. The Kier molecular flexibility index (Phi) is 8.83. The van der Waals surface area contributed by atoms with Crippen LogP contribution in [0.5, 0.6) is 5.75 Å². The molecule has 0 bridgehead atoms. The highest BCUT2D eigenvalue weighted by Gasteiger charge is 2.26. The van der Waals surface area contributed by atoms with Gasteiger partial charge in [-0.3, -0.25) is 14.4 Å². The molecule has 1 heterocycles. The highest BCUT2D eigenvalue weighted by Crippen LogP contribution is 2.24. The number of anilines is 2. The van der Waals surface area contributed by atoms with Gasteiger partial charge in [0, 0.05) is 30.8 Å². The number of carbonyl (C=O) groups is 3. The molecule has 2 N–H and O–H groups in total. The molecule has 1 saturated heterocycles. The predicted octanol–water partition coefficient (Wildman–Crippen LogP) is 3.55. The summed E-state index contributed by atoms with van der Waals surface area (Å²) in [5, 5.41) is 5.69. The number of carbonyl (C=O) groups excluding carboxylic acids is 3. The summed E-state index contributed by atoms with van der Waals surface area (Å²) in [6.45, 7) is 4.28. The maximum atomic E-state index is 12.5. The Morgan fingerprint density at radius 2 is 1.82 bits per heavy atom. The third-order valence-corrected chi connectivity index (χ3v) is 5.57. The number of rotatable bonds is 9. The molecule has 0 saturated carbocycles. The van der Waals surface area contributed by atoms with Gasteiger partial charge in [0.05, 0.1) is 25.3 Å². The normalized spacial score (nSPS) is 16.0. The lowest BCUT2D eigenvalue weighted by atomic mass is 9.98. The molecule has 8 nitrogen and oxygen atoms in total. The standard InChI is InChI=1S/C25H31N3O5/c1-3-33-25(31)19-7-6-15-28(17-19)16-14-23(29)26-20-12-10-18(11-13-20)24(30)27-21-8-4-5-9-22(21)32-2/h4-5,8-13,19H,3,6-7,14-17H2,1-2H3,(H,26,29)(H,27,30). The van der Waals surface area contributed by atoms with Gasteiger partial charge in [0.25, 0.3) is 5.91 Å². The second kappa shape index (κ2) is 12.0. The fourth-order valence-electron chi connectivity index (χ4n) is 3.84. The van der Waals surface area contributed by atoms with Gasteiger partial charge < -0.3 is 25.0 Å². The van der Waals surface area contributed by atoms with Gasteiger partial charge in [0.15, 0.2) is 0 Å². The largest absolute Gasteiger partial charge is 0.495 e. The Balaban J connectivity index is 1.47. The lowest BCUT2D eigenvalue weighted by Gasteiger charge is -2.31. The van der Waals surface area contributed by atoms with Gasteiger partial charge in [-0.05, 0) is 62.7 Å². The van der Waals surface area contributed by atoms with Gasteiger partial charge in [0.1, 0.15) is 5.75 Å². The van der Waals surface area contributed by atoms with E-state index < -0.39 is 0 Å². The average molecular weight is 454 g/mol. The zero-order valence-corrected chi connectivity index (χ0v) is 19.1. The van der Waals surface area contributed by atoms with E-state index >= 15 is 0 Å². The number of methoxy groups -OCH3 is 1. The molecular weight excluding hydrogens is 422 g/mol. The summed E-state index contributed by atoms with van der Waals surface area (Å²) in [5.74, 6) is -0.0621. The number of piperidine rings is 1. The van der Waals surface area contributed by atoms with Gasteiger partial charge in [-0.15, -0.1) is 0 Å². The highest BCUT2D eigenvalue weighted by molar-refractivity contribution is 6.05. The van der Waals surface area contributed by atoms with Crippen LogP contribution in [-0.4, -0.2) is 56.0 Å². The lowest BCUT2D eigenvalue weighted by molar-refractivity contribution is -0.149. The first-order valence-electron chi connectivity index (χ1n) is 11.2. The quantitative estimate of drug-likeness (QED) is 0.564. The first-order valence-corrected chi connectivity index (χ1v) is 11.2. The third-order valence-electron chi connectivity index (χ3n) is 5.57. The second-order valence-electron chi connectivity index (χ2n) is 7.92. The van der Waals surface area contributed by atoms with Crippen LogP contribution in [-0.2, 0) is 14.3 Å². The summed E-state index contributed by atoms with van der Waals surface area (Å²) < 4.78 is 10.4. The molecule has 0 aliphatic carbocycles. The summed E-state index contributed by atoms with van der Waals surface area (Å²) in [4.78, 5) is 39.0. The van der Waals surface area contributed by atoms with E-state index in [-0.39, 0.29) is 23.7 Å². The van der Waals surface area contributed by atoms with Gasteiger partial charge in [0.2, 0.25) is 5.91 Å². The monoisotopic (exact) mass is 453 g/mol. The summed E-state index contributed by atoms with van der Waals surface area (Å²) in [6, 6.07) is 13.9. The van der Waals surface area contributed by atoms with Gasteiger partial charge in [-0.1, -0.05) is 12.1 Å². The average Bonchev–Trinajstić information content (AvgIpc) is 2.84. The van der Waals surface area contributed by atoms with Crippen molar-refractivity contribution in [3.05, 3.63) is 54.1 Å². The van der Waals surface area contributed by atoms with E-state index in [1.807, 2.05) is 19.1 Å². The van der Waals surface area contributed by atoms with Crippen LogP contribution < -0.4 is 15.4 Å². The van der Waals surface area contributed by atoms with E-state index in [0.717, 1.165) is 19.4 Å². The molecule has 0 aromatic heterocycles. The number of esters is 1. The molecule has 0 radical (unpaired) electrons. The zero-order valence-electron chi connectivity index (χ0n) is 19.1. The summed E-state index contributed by atoms with van der Waals surface area (Å²) in [7, 11) is 1.55. The predicted molar refractivity (Wildman–Crippen MR) is 126 cm³/mol. The van der Waals surface area contributed by atoms with Crippen LogP contribution in [0.4, 0.5) is 11.4 Å². The fourth-order valence-corrected chi connectivity index (χ4v) is 3.84. The first-order chi connectivity index (χ1) is 16.0. The van der Waals surface area contributed by atoms with Crippen LogP contribution in [0.15, 0.2) is 48.5 Å². The first kappa shape index (κ1) is 24.3. The number of benzene rings is 2. The maximum Gasteiger partial charge on any atom is 0.310 e. The SMILES string of the molecule is CCOC(=O)C1CCCN(CCC(=O)Nc2ccc(C(=O)Nc3ccccc3OC)cc2)C1. The molecule has 8 heteroatoms. The van der Waals surface area contributed by atoms with Gasteiger partial charge in [-0.25, -0.2) is 0 Å². The van der Waals surface area contributed by atoms with E-state index in [4.69, 9.17) is 9.47 Å². The number of nitrogens with one attached hydrogen (secondary N) is 2. The molecule has 3 rings (SSSR count). The van der Waals surface area contributed by atoms with Gasteiger partial charge in [-0.2, -0.15) is 0 Å². The van der Waals surface area contributed by atoms with E-state index in [1.165, 1.54) is 0 Å². The van der Waals surface area contributed by atoms with Crippen LogP contribution in [0.1, 0.15) is 36.5 Å². The highest BCUT2D eigenvalue weighted by atomic mass is 16.5. The molecule has 1 unspecified atom stereocenters. The molecule has 1 atom stereocenters. The summed E-state index contributed by atoms with van der Waals surface area (Å²) in [5.41, 5.74) is 1.68. The van der Waals surface area contributed by atoms with Crippen LogP contribution in [0, 0.1) is 5.92 Å². The number of ether oxygens (including phenoxy) is 2. The fraction of sp³-hybridized carbons (Fsp3) is 0.400. The van der Waals surface area contributed by atoms with Crippen molar-refractivity contribution in [2.75, 3.05) is 44.0 Å². The van der Waals surface area contributed by atoms with Crippen molar-refractivity contribution in [2.45, 2.75) is 26.2 Å². The minimum atomic E-state index is -0.265. The van der Waals surface area contributed by atoms with Crippen LogP contribution in [0.25, 0.3) is 0 Å². The molecular formula is C25H31N3O5. The van der Waals surface area contributed by atoms with E-state index in [2.05, 4.69) is 15.5 Å². The van der Waals surface area contributed by atoms with Crippen LogP contribution in [0.2, 0.25) is 0 Å². The van der Waals surface area contributed by atoms with Crippen molar-refractivity contribution in [3.8, 4) is 5.75 Å². The molecule has 1 aliphatic rings. The van der Waals surface area contributed by atoms with E-state index in [0.29, 0.717) is 48.8 Å². The number of likely N-dealkylation sites (tertiary alicyclic amines) is 1. The Morgan fingerprint density at radius 3 is 2.55 bits per heavy atom. The smallest absolute Gasteiger partial charge is 0.310 e. The minimum absolute atomic E-state index is 0.112. The molecule has 1 aliphatic heterocycles. The van der Waals surface area contributed by atoms with Crippen molar-refractivity contribution in [2.24, 2.45) is 5.92 Å². The van der Waals surface area contributed by atoms with Crippen molar-refractivity contribution in [1.29, 1.82) is 0 Å². The lowest BCUT2D eigenvalue weighted by Crippen LogP contribution is -2.40. The summed E-state index contributed by atoms with van der Waals surface area (Å²) >= 11 is 0.